The quantitative estimate of drug-likeness (QED) is 0.484. The molecule has 4 atom stereocenters. The van der Waals surface area contributed by atoms with Gasteiger partial charge in [-0.25, -0.2) is 4.79 Å². The third kappa shape index (κ3) is 2.24. The van der Waals surface area contributed by atoms with Crippen LogP contribution in [0.3, 0.4) is 0 Å². The maximum Gasteiger partial charge on any atom is 0.349 e. The Bertz CT molecular complexity index is 852. The Morgan fingerprint density at radius 3 is 2.48 bits per heavy atom. The van der Waals surface area contributed by atoms with Crippen LogP contribution in [0.15, 0.2) is 47.2 Å². The van der Waals surface area contributed by atoms with Crippen LogP contribution < -0.4 is 0 Å². The minimum atomic E-state index is -1.71. The Morgan fingerprint density at radius 2 is 1.89 bits per heavy atom. The SMILES string of the molecule is C[N+]1(C)C2CC=CC23CC(OC(=O)C(O)(c2cccs2)c2cccs2)CC31. The smallest absolute Gasteiger partial charge is 0.349 e. The fourth-order valence-corrected chi connectivity index (χ4v) is 7.62. The van der Waals surface area contributed by atoms with Gasteiger partial charge in [-0.15, -0.1) is 22.7 Å². The minimum absolute atomic E-state index is 0.140. The van der Waals surface area contributed by atoms with Crippen LogP contribution in [0, 0.1) is 5.41 Å². The second kappa shape index (κ2) is 5.77. The lowest BCUT2D eigenvalue weighted by atomic mass is 9.67. The first kappa shape index (κ1) is 17.6. The number of hydrogen-bond donors (Lipinski definition) is 1. The fraction of sp³-hybridized carbons (Fsp3) is 0.476. The molecule has 2 aromatic rings. The van der Waals surface area contributed by atoms with Gasteiger partial charge < -0.3 is 14.3 Å². The van der Waals surface area contributed by atoms with Crippen molar-refractivity contribution in [1.29, 1.82) is 0 Å². The molecule has 1 saturated carbocycles. The van der Waals surface area contributed by atoms with Crippen LogP contribution in [-0.2, 0) is 15.1 Å². The molecule has 3 aliphatic rings. The van der Waals surface area contributed by atoms with Crippen LogP contribution >= 0.6 is 22.7 Å². The summed E-state index contributed by atoms with van der Waals surface area (Å²) in [5, 5.41) is 15.2. The Kier molecular flexibility index (Phi) is 3.76. The summed E-state index contributed by atoms with van der Waals surface area (Å²) in [6, 6.07) is 8.41. The number of carbonyl (C=O) groups is 1. The van der Waals surface area contributed by atoms with Gasteiger partial charge in [-0.3, -0.25) is 0 Å². The summed E-state index contributed by atoms with van der Waals surface area (Å²) in [7, 11) is 4.58. The highest BCUT2D eigenvalue weighted by Crippen LogP contribution is 2.62. The molecular formula is C21H24NO3S2+. The summed E-state index contributed by atoms with van der Waals surface area (Å²) in [4.78, 5) is 14.5. The molecular weight excluding hydrogens is 378 g/mol. The van der Waals surface area contributed by atoms with Crippen molar-refractivity contribution in [2.24, 2.45) is 5.41 Å². The molecule has 27 heavy (non-hydrogen) atoms. The number of hydrogen-bond acceptors (Lipinski definition) is 5. The van der Waals surface area contributed by atoms with Gasteiger partial charge in [0.25, 0.3) is 0 Å². The van der Waals surface area contributed by atoms with E-state index in [4.69, 9.17) is 4.74 Å². The van der Waals surface area contributed by atoms with Crippen molar-refractivity contribution in [3.8, 4) is 0 Å². The van der Waals surface area contributed by atoms with E-state index in [-0.39, 0.29) is 11.5 Å². The van der Waals surface area contributed by atoms with Gasteiger partial charge in [0.2, 0.25) is 5.60 Å². The second-order valence-corrected chi connectivity index (χ2v) is 10.4. The van der Waals surface area contributed by atoms with Crippen LogP contribution in [0.25, 0.3) is 0 Å². The molecule has 5 rings (SSSR count). The molecule has 2 aliphatic carbocycles. The number of nitrogens with zero attached hydrogens (tertiary/aromatic N) is 1. The summed E-state index contributed by atoms with van der Waals surface area (Å²) in [6.07, 6.45) is 7.37. The first-order chi connectivity index (χ1) is 12.9. The zero-order valence-corrected chi connectivity index (χ0v) is 17.1. The normalized spacial score (nSPS) is 33.4. The van der Waals surface area contributed by atoms with E-state index in [0.29, 0.717) is 21.8 Å². The number of aliphatic hydroxyl groups is 1. The van der Waals surface area contributed by atoms with Gasteiger partial charge in [-0.2, -0.15) is 0 Å². The molecule has 1 aliphatic heterocycles. The Morgan fingerprint density at radius 1 is 1.22 bits per heavy atom. The van der Waals surface area contributed by atoms with Gasteiger partial charge in [0, 0.05) is 19.3 Å². The molecule has 0 aromatic carbocycles. The van der Waals surface area contributed by atoms with Gasteiger partial charge in [-0.05, 0) is 22.9 Å². The maximum atomic E-state index is 13.2. The van der Waals surface area contributed by atoms with Gasteiger partial charge >= 0.3 is 5.97 Å². The highest BCUT2D eigenvalue weighted by molar-refractivity contribution is 7.12. The molecule has 1 saturated heterocycles. The zero-order valence-electron chi connectivity index (χ0n) is 15.5. The molecule has 1 spiro atoms. The number of carbonyl (C=O) groups excluding carboxylic acids is 1. The van der Waals surface area contributed by atoms with Gasteiger partial charge in [-0.1, -0.05) is 24.3 Å². The van der Waals surface area contributed by atoms with Crippen molar-refractivity contribution in [3.63, 3.8) is 0 Å². The summed E-state index contributed by atoms with van der Waals surface area (Å²) >= 11 is 2.77. The average Bonchev–Trinajstić information content (AvgIpc) is 3.43. The number of quaternary nitrogens is 1. The van der Waals surface area contributed by atoms with E-state index in [1.807, 2.05) is 22.9 Å². The van der Waals surface area contributed by atoms with E-state index in [0.717, 1.165) is 23.7 Å². The number of rotatable bonds is 4. The molecule has 6 heteroatoms. The van der Waals surface area contributed by atoms with Crippen molar-refractivity contribution in [3.05, 3.63) is 56.9 Å². The number of likely N-dealkylation sites (tertiary alicyclic amines) is 1. The maximum absolute atomic E-state index is 13.2. The molecule has 142 valence electrons. The zero-order chi connectivity index (χ0) is 18.9. The van der Waals surface area contributed by atoms with Gasteiger partial charge in [0.1, 0.15) is 18.2 Å². The monoisotopic (exact) mass is 402 g/mol. The van der Waals surface area contributed by atoms with Crippen LogP contribution in [0.2, 0.25) is 0 Å². The van der Waals surface area contributed by atoms with Crippen LogP contribution in [0.4, 0.5) is 0 Å². The van der Waals surface area contributed by atoms with Crippen LogP contribution in [-0.4, -0.2) is 47.8 Å². The molecule has 1 N–H and O–H groups in total. The van der Waals surface area contributed by atoms with Crippen molar-refractivity contribution in [1.82, 2.24) is 0 Å². The molecule has 4 unspecified atom stereocenters. The molecule has 2 fully saturated rings. The van der Waals surface area contributed by atoms with E-state index in [1.54, 1.807) is 12.1 Å². The summed E-state index contributed by atoms with van der Waals surface area (Å²) in [5.74, 6) is -0.543. The lowest BCUT2D eigenvalue weighted by molar-refractivity contribution is -0.998. The highest BCUT2D eigenvalue weighted by atomic mass is 32.1. The van der Waals surface area contributed by atoms with Gasteiger partial charge in [0.15, 0.2) is 0 Å². The molecule has 0 amide bonds. The third-order valence-electron chi connectivity index (χ3n) is 7.03. The van der Waals surface area contributed by atoms with E-state index in [1.165, 1.54) is 22.7 Å². The Hall–Kier alpha value is -1.47. The predicted molar refractivity (Wildman–Crippen MR) is 107 cm³/mol. The molecule has 0 radical (unpaired) electrons. The fourth-order valence-electron chi connectivity index (χ4n) is 5.90. The number of esters is 1. The molecule has 2 aromatic heterocycles. The lowest BCUT2D eigenvalue weighted by Crippen LogP contribution is -2.75. The van der Waals surface area contributed by atoms with E-state index >= 15 is 0 Å². The van der Waals surface area contributed by atoms with Gasteiger partial charge in [0.05, 0.1) is 29.3 Å². The topological polar surface area (TPSA) is 46.5 Å². The average molecular weight is 403 g/mol. The Labute approximate surface area is 167 Å². The van der Waals surface area contributed by atoms with Crippen molar-refractivity contribution >= 4 is 28.6 Å². The van der Waals surface area contributed by atoms with E-state index in [9.17, 15) is 9.90 Å². The number of thiophene rings is 2. The first-order valence-corrected chi connectivity index (χ1v) is 11.2. The lowest BCUT2D eigenvalue weighted by Gasteiger charge is -2.61. The molecule has 3 heterocycles. The Balaban J connectivity index is 1.41. The second-order valence-electron chi connectivity index (χ2n) is 8.54. The standard InChI is InChI=1S/C21H24NO3S2/c1-22(2)15-6-3-9-20(15)13-14(12-16(20)22)25-19(23)21(24,17-7-4-10-26-17)18-8-5-11-27-18/h3-5,7-11,14-16,24H,6,12-13H2,1-2H3/q+1. The highest BCUT2D eigenvalue weighted by Gasteiger charge is 2.73. The minimum Gasteiger partial charge on any atom is -0.459 e. The molecule has 0 bridgehead atoms. The number of ether oxygens (including phenoxy) is 1. The van der Waals surface area contributed by atoms with Crippen LogP contribution in [0.1, 0.15) is 29.0 Å². The third-order valence-corrected chi connectivity index (χ3v) is 8.98. The summed E-state index contributed by atoms with van der Waals surface area (Å²) < 4.78 is 6.98. The van der Waals surface area contributed by atoms with Crippen molar-refractivity contribution in [2.45, 2.75) is 43.1 Å². The van der Waals surface area contributed by atoms with E-state index < -0.39 is 11.6 Å². The summed E-state index contributed by atoms with van der Waals surface area (Å²) in [5.41, 5.74) is -1.53. The van der Waals surface area contributed by atoms with Crippen molar-refractivity contribution < 1.29 is 19.1 Å². The van der Waals surface area contributed by atoms with Crippen LogP contribution in [0.5, 0.6) is 0 Å². The molecule has 4 nitrogen and oxygen atoms in total. The predicted octanol–water partition coefficient (Wildman–Crippen LogP) is 3.52. The van der Waals surface area contributed by atoms with E-state index in [2.05, 4.69) is 26.2 Å². The summed E-state index contributed by atoms with van der Waals surface area (Å²) in [6.45, 7) is 0. The largest absolute Gasteiger partial charge is 0.459 e. The first-order valence-electron chi connectivity index (χ1n) is 9.41. The van der Waals surface area contributed by atoms with Crippen molar-refractivity contribution in [2.75, 3.05) is 14.1 Å².